The van der Waals surface area contributed by atoms with Gasteiger partial charge in [-0.3, -0.25) is 4.79 Å². The van der Waals surface area contributed by atoms with Crippen molar-refractivity contribution < 1.29 is 17.9 Å². The number of hydrogen-bond acceptors (Lipinski definition) is 8. The Balaban J connectivity index is 1.84. The molecule has 0 N–H and O–H groups in total. The molecule has 0 spiro atoms. The maximum absolute atomic E-state index is 12.9. The SMILES string of the molecule is CN(C)C(=O)c1cccc(-c2ccccc2)c1Oc1ccc(S(=O)(=O)c2ncns2)cc1C#N. The van der Waals surface area contributed by atoms with Gasteiger partial charge in [-0.05, 0) is 41.4 Å². The van der Waals surface area contributed by atoms with Gasteiger partial charge in [-0.1, -0.05) is 42.5 Å². The number of rotatable bonds is 6. The van der Waals surface area contributed by atoms with E-state index < -0.39 is 9.84 Å². The van der Waals surface area contributed by atoms with Crippen LogP contribution in [0, 0.1) is 11.3 Å². The van der Waals surface area contributed by atoms with E-state index in [2.05, 4.69) is 9.36 Å². The average molecular weight is 491 g/mol. The topological polar surface area (TPSA) is 113 Å². The zero-order valence-corrected chi connectivity index (χ0v) is 19.8. The second-order valence-electron chi connectivity index (χ2n) is 7.33. The van der Waals surface area contributed by atoms with Crippen LogP contribution < -0.4 is 4.74 Å². The van der Waals surface area contributed by atoms with Gasteiger partial charge >= 0.3 is 0 Å². The Morgan fingerprint density at radius 3 is 2.47 bits per heavy atom. The van der Waals surface area contributed by atoms with Gasteiger partial charge in [0.15, 0.2) is 0 Å². The van der Waals surface area contributed by atoms with E-state index in [4.69, 9.17) is 4.74 Å². The third kappa shape index (κ3) is 4.39. The van der Waals surface area contributed by atoms with Crippen LogP contribution in [0.5, 0.6) is 11.5 Å². The fourth-order valence-electron chi connectivity index (χ4n) is 3.25. The van der Waals surface area contributed by atoms with Crippen LogP contribution in [0.1, 0.15) is 15.9 Å². The number of hydrogen-bond donors (Lipinski definition) is 0. The number of carbonyl (C=O) groups excluding carboxylic acids is 1. The molecule has 1 aromatic heterocycles. The Morgan fingerprint density at radius 2 is 1.82 bits per heavy atom. The number of aromatic nitrogens is 2. The average Bonchev–Trinajstić information content (AvgIpc) is 3.40. The Bertz CT molecular complexity index is 1490. The molecule has 0 aliphatic carbocycles. The first kappa shape index (κ1) is 23.1. The van der Waals surface area contributed by atoms with Gasteiger partial charge in [0.05, 0.1) is 16.0 Å². The molecule has 1 heterocycles. The molecule has 0 fully saturated rings. The molecule has 0 radical (unpaired) electrons. The molecule has 8 nitrogen and oxygen atoms in total. The highest BCUT2D eigenvalue weighted by atomic mass is 32.2. The summed E-state index contributed by atoms with van der Waals surface area (Å²) in [5.41, 5.74) is 1.78. The number of benzene rings is 3. The van der Waals surface area contributed by atoms with E-state index in [9.17, 15) is 18.5 Å². The summed E-state index contributed by atoms with van der Waals surface area (Å²) >= 11 is 0.747. The van der Waals surface area contributed by atoms with Crippen molar-refractivity contribution in [3.05, 3.63) is 84.2 Å². The van der Waals surface area contributed by atoms with Crippen LogP contribution >= 0.6 is 11.5 Å². The van der Waals surface area contributed by atoms with Gasteiger partial charge < -0.3 is 9.64 Å². The van der Waals surface area contributed by atoms with Gasteiger partial charge in [0.25, 0.3) is 5.91 Å². The minimum absolute atomic E-state index is 0.00305. The number of sulfone groups is 1. The van der Waals surface area contributed by atoms with Crippen LogP contribution in [0.15, 0.2) is 82.3 Å². The van der Waals surface area contributed by atoms with Crippen LogP contribution in [0.25, 0.3) is 11.1 Å². The zero-order chi connectivity index (χ0) is 24.3. The molecule has 4 rings (SSSR count). The van der Waals surface area contributed by atoms with E-state index in [1.165, 1.54) is 23.1 Å². The Kier molecular flexibility index (Phi) is 6.40. The first-order valence-electron chi connectivity index (χ1n) is 9.97. The Hall–Kier alpha value is -4.07. The van der Waals surface area contributed by atoms with Crippen molar-refractivity contribution in [2.45, 2.75) is 9.24 Å². The van der Waals surface area contributed by atoms with Crippen LogP contribution in [-0.4, -0.2) is 42.7 Å². The number of nitriles is 1. The molecule has 0 bridgehead atoms. The monoisotopic (exact) mass is 490 g/mol. The molecular weight excluding hydrogens is 472 g/mol. The highest BCUT2D eigenvalue weighted by Gasteiger charge is 2.24. The fraction of sp³-hybridized carbons (Fsp3) is 0.0833. The molecule has 10 heteroatoms. The minimum Gasteiger partial charge on any atom is -0.454 e. The molecular formula is C24H18N4O4S2. The van der Waals surface area contributed by atoms with Crippen molar-refractivity contribution in [1.82, 2.24) is 14.3 Å². The fourth-order valence-corrected chi connectivity index (χ4v) is 5.24. The minimum atomic E-state index is -3.92. The summed E-state index contributed by atoms with van der Waals surface area (Å²) in [7, 11) is -0.656. The maximum Gasteiger partial charge on any atom is 0.257 e. The zero-order valence-electron chi connectivity index (χ0n) is 18.2. The van der Waals surface area contributed by atoms with Crippen LogP contribution in [0.3, 0.4) is 0 Å². The van der Waals surface area contributed by atoms with Crippen LogP contribution in [-0.2, 0) is 9.84 Å². The van der Waals surface area contributed by atoms with E-state index in [0.29, 0.717) is 11.1 Å². The normalized spacial score (nSPS) is 11.0. The van der Waals surface area contributed by atoms with E-state index in [1.807, 2.05) is 42.5 Å². The summed E-state index contributed by atoms with van der Waals surface area (Å²) in [6.45, 7) is 0. The van der Waals surface area contributed by atoms with Crippen molar-refractivity contribution in [3.63, 3.8) is 0 Å². The summed E-state index contributed by atoms with van der Waals surface area (Å²) in [6.07, 6.45) is 1.16. The summed E-state index contributed by atoms with van der Waals surface area (Å²) < 4.78 is 35.3. The number of ether oxygens (including phenoxy) is 1. The van der Waals surface area contributed by atoms with Crippen molar-refractivity contribution in [3.8, 4) is 28.7 Å². The molecule has 0 saturated carbocycles. The first-order chi connectivity index (χ1) is 16.3. The van der Waals surface area contributed by atoms with E-state index in [0.717, 1.165) is 23.4 Å². The largest absolute Gasteiger partial charge is 0.454 e. The van der Waals surface area contributed by atoms with Gasteiger partial charge in [-0.15, -0.1) is 0 Å². The second kappa shape index (κ2) is 9.43. The molecule has 34 heavy (non-hydrogen) atoms. The summed E-state index contributed by atoms with van der Waals surface area (Å²) in [6, 6.07) is 20.6. The molecule has 0 atom stereocenters. The second-order valence-corrected chi connectivity index (χ2v) is 10.2. The molecule has 170 valence electrons. The molecule has 3 aromatic carbocycles. The highest BCUT2D eigenvalue weighted by Crippen LogP contribution is 2.38. The molecule has 0 unspecified atom stereocenters. The van der Waals surface area contributed by atoms with E-state index in [1.54, 1.807) is 26.2 Å². The molecule has 0 aliphatic rings. The van der Waals surface area contributed by atoms with Crippen LogP contribution in [0.4, 0.5) is 0 Å². The van der Waals surface area contributed by atoms with E-state index in [-0.39, 0.29) is 32.2 Å². The third-order valence-electron chi connectivity index (χ3n) is 4.90. The lowest BCUT2D eigenvalue weighted by Crippen LogP contribution is -2.22. The number of nitrogens with zero attached hydrogens (tertiary/aromatic N) is 4. The first-order valence-corrected chi connectivity index (χ1v) is 12.2. The van der Waals surface area contributed by atoms with E-state index >= 15 is 0 Å². The number of amides is 1. The van der Waals surface area contributed by atoms with Crippen molar-refractivity contribution >= 4 is 27.3 Å². The summed E-state index contributed by atoms with van der Waals surface area (Å²) in [4.78, 5) is 18.0. The van der Waals surface area contributed by atoms with Crippen molar-refractivity contribution in [2.75, 3.05) is 14.1 Å². The van der Waals surface area contributed by atoms with Gasteiger partial charge in [0, 0.05) is 19.7 Å². The van der Waals surface area contributed by atoms with Crippen molar-refractivity contribution in [2.24, 2.45) is 0 Å². The lowest BCUT2D eigenvalue weighted by molar-refractivity contribution is 0.0825. The van der Waals surface area contributed by atoms with Gasteiger partial charge in [-0.25, -0.2) is 13.4 Å². The quantitative estimate of drug-likeness (QED) is 0.393. The standard InChI is InChI=1S/C24H18N4O4S2/c1-28(2)23(29)20-10-6-9-19(16-7-4-3-5-8-16)22(20)32-21-12-11-18(13-17(21)14-25)34(30,31)24-26-15-27-33-24/h3-13,15H,1-2H3. The van der Waals surface area contributed by atoms with Crippen LogP contribution in [0.2, 0.25) is 0 Å². The predicted octanol–water partition coefficient (Wildman–Crippen LogP) is 4.40. The molecule has 4 aromatic rings. The van der Waals surface area contributed by atoms with Gasteiger partial charge in [0.1, 0.15) is 23.9 Å². The molecule has 1 amide bonds. The lowest BCUT2D eigenvalue weighted by Gasteiger charge is -2.19. The number of para-hydroxylation sites is 1. The maximum atomic E-state index is 12.9. The predicted molar refractivity (Wildman–Crippen MR) is 126 cm³/mol. The van der Waals surface area contributed by atoms with Crippen molar-refractivity contribution in [1.29, 1.82) is 5.26 Å². The van der Waals surface area contributed by atoms with Gasteiger partial charge in [0.2, 0.25) is 14.2 Å². The lowest BCUT2D eigenvalue weighted by atomic mass is 10.0. The molecule has 0 saturated heterocycles. The third-order valence-corrected chi connectivity index (χ3v) is 7.68. The van der Waals surface area contributed by atoms with Gasteiger partial charge in [-0.2, -0.15) is 9.64 Å². The summed E-state index contributed by atoms with van der Waals surface area (Å²) in [5, 5.41) is 9.74. The number of carbonyl (C=O) groups is 1. The summed E-state index contributed by atoms with van der Waals surface area (Å²) in [5.74, 6) is 0.111. The molecule has 0 aliphatic heterocycles. The Labute approximate surface area is 200 Å². The Morgan fingerprint density at radius 1 is 1.06 bits per heavy atom. The highest BCUT2D eigenvalue weighted by molar-refractivity contribution is 7.93. The smallest absolute Gasteiger partial charge is 0.257 e.